The van der Waals surface area contributed by atoms with Crippen molar-refractivity contribution >= 4 is 35.6 Å². The number of guanidine groups is 1. The minimum atomic E-state index is -0.417. The van der Waals surface area contributed by atoms with Gasteiger partial charge in [-0.3, -0.25) is 15.1 Å². The Bertz CT molecular complexity index is 823. The maximum absolute atomic E-state index is 13.5. The molecule has 0 unspecified atom stereocenters. The number of nitrogens with zero attached hydrogens (tertiary/aromatic N) is 2. The first-order valence-electron chi connectivity index (χ1n) is 8.46. The van der Waals surface area contributed by atoms with E-state index in [2.05, 4.69) is 15.6 Å². The van der Waals surface area contributed by atoms with Gasteiger partial charge in [0.25, 0.3) is 5.69 Å². The van der Waals surface area contributed by atoms with Crippen molar-refractivity contribution in [3.8, 4) is 0 Å². The van der Waals surface area contributed by atoms with Gasteiger partial charge in [0, 0.05) is 37.7 Å². The molecule has 1 aliphatic carbocycles. The fraction of sp³-hybridized carbons (Fsp3) is 0.316. The van der Waals surface area contributed by atoms with Crippen LogP contribution in [-0.2, 0) is 12.0 Å². The molecule has 144 valence electrons. The van der Waals surface area contributed by atoms with Crippen molar-refractivity contribution in [2.24, 2.45) is 4.99 Å². The number of rotatable bonds is 6. The topological polar surface area (TPSA) is 79.6 Å². The Labute approximate surface area is 174 Å². The third kappa shape index (κ3) is 5.38. The summed E-state index contributed by atoms with van der Waals surface area (Å²) in [6.45, 7) is 1.18. The molecule has 0 aliphatic heterocycles. The van der Waals surface area contributed by atoms with Gasteiger partial charge in [0.2, 0.25) is 0 Å². The van der Waals surface area contributed by atoms with E-state index in [1.165, 1.54) is 18.2 Å². The van der Waals surface area contributed by atoms with Gasteiger partial charge < -0.3 is 10.6 Å². The van der Waals surface area contributed by atoms with Crippen LogP contribution in [-0.4, -0.2) is 24.5 Å². The smallest absolute Gasteiger partial charge is 0.269 e. The molecule has 8 heteroatoms. The highest BCUT2D eigenvalue weighted by Crippen LogP contribution is 2.47. The number of nitrogens with one attached hydrogen (secondary N) is 2. The van der Waals surface area contributed by atoms with Gasteiger partial charge in [-0.25, -0.2) is 4.39 Å². The van der Waals surface area contributed by atoms with Crippen molar-refractivity contribution in [1.82, 2.24) is 10.6 Å². The van der Waals surface area contributed by atoms with Crippen LogP contribution in [0.2, 0.25) is 0 Å². The van der Waals surface area contributed by atoms with E-state index in [1.807, 2.05) is 6.07 Å². The van der Waals surface area contributed by atoms with E-state index in [9.17, 15) is 14.5 Å². The molecule has 0 saturated heterocycles. The number of hydrogen-bond donors (Lipinski definition) is 2. The summed E-state index contributed by atoms with van der Waals surface area (Å²) >= 11 is 0. The van der Waals surface area contributed by atoms with Crippen molar-refractivity contribution < 1.29 is 9.31 Å². The zero-order valence-corrected chi connectivity index (χ0v) is 17.3. The molecule has 2 N–H and O–H groups in total. The van der Waals surface area contributed by atoms with E-state index < -0.39 is 4.92 Å². The average Bonchev–Trinajstić information content (AvgIpc) is 3.43. The number of nitro benzene ring substituents is 1. The summed E-state index contributed by atoms with van der Waals surface area (Å²) in [5.41, 5.74) is 1.97. The van der Waals surface area contributed by atoms with Gasteiger partial charge in [0.05, 0.1) is 4.92 Å². The average molecular weight is 484 g/mol. The van der Waals surface area contributed by atoms with E-state index in [0.717, 1.165) is 24.0 Å². The third-order valence-electron chi connectivity index (χ3n) is 4.72. The minimum absolute atomic E-state index is 0. The minimum Gasteiger partial charge on any atom is -0.356 e. The number of benzene rings is 2. The lowest BCUT2D eigenvalue weighted by Gasteiger charge is -2.19. The molecule has 3 rings (SSSR count). The first kappa shape index (κ1) is 21.1. The van der Waals surface area contributed by atoms with Gasteiger partial charge in [-0.05, 0) is 36.1 Å². The van der Waals surface area contributed by atoms with E-state index in [0.29, 0.717) is 19.0 Å². The quantitative estimate of drug-likeness (QED) is 0.215. The summed E-state index contributed by atoms with van der Waals surface area (Å²) in [6, 6.07) is 13.2. The molecule has 0 heterocycles. The van der Waals surface area contributed by atoms with Crippen molar-refractivity contribution in [3.63, 3.8) is 0 Å². The highest BCUT2D eigenvalue weighted by Gasteiger charge is 2.44. The second kappa shape index (κ2) is 9.12. The van der Waals surface area contributed by atoms with E-state index in [-0.39, 0.29) is 40.9 Å². The van der Waals surface area contributed by atoms with Gasteiger partial charge in [-0.1, -0.05) is 24.3 Å². The first-order chi connectivity index (χ1) is 12.5. The van der Waals surface area contributed by atoms with Crippen LogP contribution in [0.25, 0.3) is 0 Å². The molecule has 1 fully saturated rings. The molecule has 1 aliphatic rings. The predicted octanol–water partition coefficient (Wildman–Crippen LogP) is 3.75. The largest absolute Gasteiger partial charge is 0.356 e. The van der Waals surface area contributed by atoms with E-state index in [4.69, 9.17) is 0 Å². The standard InChI is InChI=1S/C19H21FN4O2.HI/c1-21-18(22-12-14-5-7-17(8-6-14)24(25)26)23-13-19(9-10-19)15-3-2-4-16(20)11-15;/h2-8,11H,9-10,12-13H2,1H3,(H2,21,22,23);1H. The molecule has 0 radical (unpaired) electrons. The van der Waals surface area contributed by atoms with Crippen LogP contribution >= 0.6 is 24.0 Å². The van der Waals surface area contributed by atoms with Gasteiger partial charge in [0.15, 0.2) is 5.96 Å². The molecular formula is C19H22FIN4O2. The van der Waals surface area contributed by atoms with E-state index in [1.54, 1.807) is 31.3 Å². The molecule has 2 aromatic carbocycles. The number of nitro groups is 1. The van der Waals surface area contributed by atoms with Crippen LogP contribution in [0.5, 0.6) is 0 Å². The highest BCUT2D eigenvalue weighted by atomic mass is 127. The summed E-state index contributed by atoms with van der Waals surface area (Å²) < 4.78 is 13.5. The molecule has 0 aromatic heterocycles. The fourth-order valence-electron chi connectivity index (χ4n) is 2.93. The zero-order chi connectivity index (χ0) is 18.6. The molecule has 6 nitrogen and oxygen atoms in total. The lowest BCUT2D eigenvalue weighted by molar-refractivity contribution is -0.384. The van der Waals surface area contributed by atoms with Crippen LogP contribution < -0.4 is 10.6 Å². The lowest BCUT2D eigenvalue weighted by Crippen LogP contribution is -2.40. The van der Waals surface area contributed by atoms with Crippen LogP contribution in [0.15, 0.2) is 53.5 Å². The maximum atomic E-state index is 13.5. The third-order valence-corrected chi connectivity index (χ3v) is 4.72. The number of aliphatic imine (C=N–C) groups is 1. The maximum Gasteiger partial charge on any atom is 0.269 e. The Hall–Kier alpha value is -2.23. The molecule has 0 bridgehead atoms. The Kier molecular flexibility index (Phi) is 7.11. The van der Waals surface area contributed by atoms with Crippen LogP contribution in [0.3, 0.4) is 0 Å². The summed E-state index contributed by atoms with van der Waals surface area (Å²) in [5, 5.41) is 17.2. The van der Waals surface area contributed by atoms with Crippen molar-refractivity contribution in [2.45, 2.75) is 24.8 Å². The number of hydrogen-bond acceptors (Lipinski definition) is 3. The van der Waals surface area contributed by atoms with Crippen molar-refractivity contribution in [3.05, 3.63) is 75.6 Å². The van der Waals surface area contributed by atoms with Crippen molar-refractivity contribution in [1.29, 1.82) is 0 Å². The lowest BCUT2D eigenvalue weighted by atomic mass is 9.96. The molecule has 2 aromatic rings. The normalized spacial score (nSPS) is 14.8. The summed E-state index contributed by atoms with van der Waals surface area (Å²) in [4.78, 5) is 14.5. The Morgan fingerprint density at radius 3 is 2.48 bits per heavy atom. The predicted molar refractivity (Wildman–Crippen MR) is 114 cm³/mol. The monoisotopic (exact) mass is 484 g/mol. The molecule has 0 atom stereocenters. The summed E-state index contributed by atoms with van der Waals surface area (Å²) in [7, 11) is 1.69. The van der Waals surface area contributed by atoms with Gasteiger partial charge in [-0.2, -0.15) is 0 Å². The van der Waals surface area contributed by atoms with Crippen LogP contribution in [0.1, 0.15) is 24.0 Å². The number of non-ortho nitro benzene ring substituents is 1. The van der Waals surface area contributed by atoms with Crippen LogP contribution in [0, 0.1) is 15.9 Å². The molecular weight excluding hydrogens is 462 g/mol. The Balaban J connectivity index is 0.00000261. The summed E-state index contributed by atoms with van der Waals surface area (Å²) in [5.74, 6) is 0.431. The Morgan fingerprint density at radius 2 is 1.93 bits per heavy atom. The zero-order valence-electron chi connectivity index (χ0n) is 14.9. The molecule has 0 amide bonds. The Morgan fingerprint density at radius 1 is 1.22 bits per heavy atom. The number of halogens is 2. The second-order valence-corrected chi connectivity index (χ2v) is 6.49. The SMILES string of the molecule is CN=C(NCc1ccc([N+](=O)[O-])cc1)NCC1(c2cccc(F)c2)CC1.I. The fourth-order valence-corrected chi connectivity index (χ4v) is 2.93. The molecule has 0 spiro atoms. The van der Waals surface area contributed by atoms with Gasteiger partial charge >= 0.3 is 0 Å². The second-order valence-electron chi connectivity index (χ2n) is 6.49. The summed E-state index contributed by atoms with van der Waals surface area (Å²) in [6.07, 6.45) is 2.03. The molecule has 27 heavy (non-hydrogen) atoms. The first-order valence-corrected chi connectivity index (χ1v) is 8.46. The highest BCUT2D eigenvalue weighted by molar-refractivity contribution is 14.0. The van der Waals surface area contributed by atoms with Gasteiger partial charge in [-0.15, -0.1) is 24.0 Å². The van der Waals surface area contributed by atoms with Gasteiger partial charge in [0.1, 0.15) is 5.82 Å². The molecule has 1 saturated carbocycles. The van der Waals surface area contributed by atoms with Crippen molar-refractivity contribution in [2.75, 3.05) is 13.6 Å². The van der Waals surface area contributed by atoms with E-state index >= 15 is 0 Å². The van der Waals surface area contributed by atoms with Crippen LogP contribution in [0.4, 0.5) is 10.1 Å².